The van der Waals surface area contributed by atoms with E-state index in [1.807, 2.05) is 30.3 Å². The van der Waals surface area contributed by atoms with Gasteiger partial charge in [0.2, 0.25) is 0 Å². The highest BCUT2D eigenvalue weighted by molar-refractivity contribution is 5.99. The van der Waals surface area contributed by atoms with Gasteiger partial charge in [-0.05, 0) is 18.6 Å². The molecule has 2 rings (SSSR count). The Morgan fingerprint density at radius 2 is 2.22 bits per heavy atom. The van der Waals surface area contributed by atoms with Crippen LogP contribution in [0.5, 0.6) is 0 Å². The zero-order valence-electron chi connectivity index (χ0n) is 10.6. The Morgan fingerprint density at radius 1 is 1.39 bits per heavy atom. The summed E-state index contributed by atoms with van der Waals surface area (Å²) in [6, 6.07) is 9.46. The van der Waals surface area contributed by atoms with E-state index in [0.717, 1.165) is 23.7 Å². The van der Waals surface area contributed by atoms with E-state index in [4.69, 9.17) is 5.73 Å². The summed E-state index contributed by atoms with van der Waals surface area (Å²) in [5.74, 6) is 0.100. The van der Waals surface area contributed by atoms with Gasteiger partial charge in [-0.2, -0.15) is 0 Å². The molecule has 0 aliphatic carbocycles. The predicted octanol–water partition coefficient (Wildman–Crippen LogP) is 2.94. The molecular weight excluding hydrogens is 224 g/mol. The fourth-order valence-corrected chi connectivity index (χ4v) is 2.07. The van der Waals surface area contributed by atoms with Crippen LogP contribution in [0.1, 0.15) is 36.5 Å². The summed E-state index contributed by atoms with van der Waals surface area (Å²) in [6.07, 6.45) is 4.04. The number of pyridine rings is 1. The van der Waals surface area contributed by atoms with Crippen molar-refractivity contribution in [3.8, 4) is 0 Å². The lowest BCUT2D eigenvalue weighted by atomic mass is 10.0. The van der Waals surface area contributed by atoms with Crippen LogP contribution >= 0.6 is 0 Å². The van der Waals surface area contributed by atoms with Crippen LogP contribution < -0.4 is 5.73 Å². The molecule has 18 heavy (non-hydrogen) atoms. The average Bonchev–Trinajstić information content (AvgIpc) is 2.38. The van der Waals surface area contributed by atoms with Crippen molar-refractivity contribution in [2.75, 3.05) is 0 Å². The minimum absolute atomic E-state index is 0.0399. The lowest BCUT2D eigenvalue weighted by Gasteiger charge is -2.09. The zero-order valence-corrected chi connectivity index (χ0v) is 10.6. The predicted molar refractivity (Wildman–Crippen MR) is 73.6 cm³/mol. The summed E-state index contributed by atoms with van der Waals surface area (Å²) in [6.45, 7) is 2.07. The molecule has 0 saturated carbocycles. The van der Waals surface area contributed by atoms with Gasteiger partial charge in [-0.1, -0.05) is 31.5 Å². The van der Waals surface area contributed by atoms with Crippen LogP contribution in [-0.4, -0.2) is 16.8 Å². The summed E-state index contributed by atoms with van der Waals surface area (Å²) >= 11 is 0. The van der Waals surface area contributed by atoms with Crippen molar-refractivity contribution in [1.82, 2.24) is 4.98 Å². The average molecular weight is 242 g/mol. The summed E-state index contributed by atoms with van der Waals surface area (Å²) < 4.78 is 0. The van der Waals surface area contributed by atoms with E-state index < -0.39 is 0 Å². The number of hydrogen-bond acceptors (Lipinski definition) is 3. The molecule has 3 nitrogen and oxygen atoms in total. The molecule has 1 atom stereocenters. The van der Waals surface area contributed by atoms with Crippen LogP contribution in [0.15, 0.2) is 36.5 Å². The Labute approximate surface area is 107 Å². The maximum absolute atomic E-state index is 12.1. The lowest BCUT2D eigenvalue weighted by molar-refractivity contribution is 0.0973. The molecule has 0 fully saturated rings. The number of rotatable bonds is 5. The van der Waals surface area contributed by atoms with Crippen molar-refractivity contribution in [3.63, 3.8) is 0 Å². The van der Waals surface area contributed by atoms with Gasteiger partial charge in [-0.15, -0.1) is 0 Å². The molecule has 0 spiro atoms. The first kappa shape index (κ1) is 12.7. The normalized spacial score (nSPS) is 12.6. The smallest absolute Gasteiger partial charge is 0.164 e. The van der Waals surface area contributed by atoms with Crippen molar-refractivity contribution < 1.29 is 4.79 Å². The van der Waals surface area contributed by atoms with E-state index in [-0.39, 0.29) is 11.8 Å². The number of aromatic nitrogens is 1. The number of nitrogens with zero attached hydrogens (tertiary/aromatic N) is 1. The van der Waals surface area contributed by atoms with Gasteiger partial charge in [0.1, 0.15) is 0 Å². The summed E-state index contributed by atoms with van der Waals surface area (Å²) in [4.78, 5) is 16.3. The second-order valence-corrected chi connectivity index (χ2v) is 4.59. The van der Waals surface area contributed by atoms with E-state index in [1.165, 1.54) is 0 Å². The van der Waals surface area contributed by atoms with Gasteiger partial charge in [0.05, 0.1) is 5.52 Å². The molecule has 3 heteroatoms. The second-order valence-electron chi connectivity index (χ2n) is 4.59. The Kier molecular flexibility index (Phi) is 4.05. The fraction of sp³-hybridized carbons (Fsp3) is 0.333. The third-order valence-corrected chi connectivity index (χ3v) is 3.03. The highest BCUT2D eigenvalue weighted by Gasteiger charge is 2.11. The topological polar surface area (TPSA) is 56.0 Å². The molecule has 2 N–H and O–H groups in total. The highest BCUT2D eigenvalue weighted by atomic mass is 16.1. The number of carbonyl (C=O) groups is 1. The first-order valence-electron chi connectivity index (χ1n) is 6.34. The molecule has 0 aliphatic rings. The first-order chi connectivity index (χ1) is 8.70. The van der Waals surface area contributed by atoms with Crippen LogP contribution in [0.2, 0.25) is 0 Å². The largest absolute Gasteiger partial charge is 0.327 e. The standard InChI is InChI=1S/C15H18N2O/c1-2-4-13(16)10-15(18)12-7-6-11-5-3-8-17-14(11)9-12/h3,5-9,13H,2,4,10,16H2,1H3. The van der Waals surface area contributed by atoms with Gasteiger partial charge in [0.15, 0.2) is 5.78 Å². The third kappa shape index (κ3) is 2.93. The van der Waals surface area contributed by atoms with E-state index in [2.05, 4.69) is 11.9 Å². The zero-order chi connectivity index (χ0) is 13.0. The number of hydrogen-bond donors (Lipinski definition) is 1. The van der Waals surface area contributed by atoms with Gasteiger partial charge in [0.25, 0.3) is 0 Å². The van der Waals surface area contributed by atoms with Crippen LogP contribution in [0.25, 0.3) is 10.9 Å². The highest BCUT2D eigenvalue weighted by Crippen LogP contribution is 2.15. The fourth-order valence-electron chi connectivity index (χ4n) is 2.07. The maximum Gasteiger partial charge on any atom is 0.164 e. The van der Waals surface area contributed by atoms with Crippen LogP contribution in [-0.2, 0) is 0 Å². The van der Waals surface area contributed by atoms with Crippen LogP contribution in [0.3, 0.4) is 0 Å². The van der Waals surface area contributed by atoms with E-state index in [1.54, 1.807) is 6.20 Å². The maximum atomic E-state index is 12.1. The SMILES string of the molecule is CCCC(N)CC(=O)c1ccc2cccnc2c1. The van der Waals surface area contributed by atoms with Crippen molar-refractivity contribution in [2.45, 2.75) is 32.2 Å². The van der Waals surface area contributed by atoms with Gasteiger partial charge in [0, 0.05) is 29.6 Å². The molecule has 1 aromatic carbocycles. The first-order valence-corrected chi connectivity index (χ1v) is 6.34. The Hall–Kier alpha value is -1.74. The third-order valence-electron chi connectivity index (χ3n) is 3.03. The second kappa shape index (κ2) is 5.74. The molecule has 0 saturated heterocycles. The molecule has 0 amide bonds. The van der Waals surface area contributed by atoms with Crippen molar-refractivity contribution >= 4 is 16.7 Å². The molecule has 94 valence electrons. The lowest BCUT2D eigenvalue weighted by Crippen LogP contribution is -2.23. The summed E-state index contributed by atoms with van der Waals surface area (Å²) in [7, 11) is 0. The van der Waals surface area contributed by atoms with Crippen molar-refractivity contribution in [3.05, 3.63) is 42.1 Å². The minimum Gasteiger partial charge on any atom is -0.327 e. The number of fused-ring (bicyclic) bond motifs is 1. The Bertz CT molecular complexity index is 551. The van der Waals surface area contributed by atoms with Crippen molar-refractivity contribution in [2.24, 2.45) is 5.73 Å². The van der Waals surface area contributed by atoms with Gasteiger partial charge in [-0.3, -0.25) is 9.78 Å². The van der Waals surface area contributed by atoms with E-state index in [0.29, 0.717) is 12.0 Å². The van der Waals surface area contributed by atoms with E-state index in [9.17, 15) is 4.79 Å². The van der Waals surface area contributed by atoms with Crippen LogP contribution in [0, 0.1) is 0 Å². The number of nitrogens with two attached hydrogens (primary N) is 1. The minimum atomic E-state index is -0.0399. The summed E-state index contributed by atoms with van der Waals surface area (Å²) in [5.41, 5.74) is 7.45. The monoisotopic (exact) mass is 242 g/mol. The molecule has 0 aliphatic heterocycles. The Morgan fingerprint density at radius 3 is 3.00 bits per heavy atom. The summed E-state index contributed by atoms with van der Waals surface area (Å²) in [5, 5.41) is 1.05. The van der Waals surface area contributed by atoms with Gasteiger partial charge >= 0.3 is 0 Å². The number of benzene rings is 1. The van der Waals surface area contributed by atoms with E-state index >= 15 is 0 Å². The van der Waals surface area contributed by atoms with Gasteiger partial charge in [-0.25, -0.2) is 0 Å². The molecule has 1 heterocycles. The van der Waals surface area contributed by atoms with Crippen LogP contribution in [0.4, 0.5) is 0 Å². The molecule has 0 radical (unpaired) electrons. The number of Topliss-reactive ketones (excluding diaryl/α,β-unsaturated/α-hetero) is 1. The molecule has 1 aromatic heterocycles. The molecular formula is C15H18N2O. The molecule has 2 aromatic rings. The number of carbonyl (C=O) groups excluding carboxylic acids is 1. The molecule has 1 unspecified atom stereocenters. The number of ketones is 1. The quantitative estimate of drug-likeness (QED) is 0.820. The Balaban J connectivity index is 2.17. The van der Waals surface area contributed by atoms with Gasteiger partial charge < -0.3 is 5.73 Å². The van der Waals surface area contributed by atoms with Crippen molar-refractivity contribution in [1.29, 1.82) is 0 Å². The molecule has 0 bridgehead atoms.